The first-order chi connectivity index (χ1) is 15.0. The summed E-state index contributed by atoms with van der Waals surface area (Å²) in [6.07, 6.45) is 9.34. The smallest absolute Gasteiger partial charge is 0.263 e. The van der Waals surface area contributed by atoms with Gasteiger partial charge in [0.25, 0.3) is 5.91 Å². The number of piperidine rings is 1. The maximum absolute atomic E-state index is 13.1. The second-order valence-corrected chi connectivity index (χ2v) is 7.63. The SMILES string of the molecule is C=NCCc1cnc2c(C(=O)Nc3cnccc3OC3CCN(C)CC3)c(N)nn2c1. The summed E-state index contributed by atoms with van der Waals surface area (Å²) < 4.78 is 7.68. The highest BCUT2D eigenvalue weighted by Gasteiger charge is 2.23. The van der Waals surface area contributed by atoms with Crippen molar-refractivity contribution in [2.45, 2.75) is 25.4 Å². The van der Waals surface area contributed by atoms with Crippen LogP contribution in [0.2, 0.25) is 0 Å². The molecule has 0 spiro atoms. The number of anilines is 2. The Balaban J connectivity index is 1.54. The van der Waals surface area contributed by atoms with Crippen LogP contribution in [-0.2, 0) is 6.42 Å². The highest BCUT2D eigenvalue weighted by atomic mass is 16.5. The highest BCUT2D eigenvalue weighted by molar-refractivity contribution is 6.11. The van der Waals surface area contributed by atoms with Gasteiger partial charge in [-0.1, -0.05) is 0 Å². The van der Waals surface area contributed by atoms with Gasteiger partial charge in [-0.15, -0.1) is 5.10 Å². The Bertz CT molecular complexity index is 1090. The van der Waals surface area contributed by atoms with E-state index in [9.17, 15) is 4.79 Å². The normalized spacial score (nSPS) is 15.1. The number of nitrogens with zero attached hydrogens (tertiary/aromatic N) is 6. The van der Waals surface area contributed by atoms with Crippen LogP contribution >= 0.6 is 0 Å². The molecule has 0 atom stereocenters. The predicted molar refractivity (Wildman–Crippen MR) is 119 cm³/mol. The summed E-state index contributed by atoms with van der Waals surface area (Å²) in [5, 5.41) is 7.10. The zero-order valence-electron chi connectivity index (χ0n) is 17.5. The van der Waals surface area contributed by atoms with Crippen LogP contribution in [0.3, 0.4) is 0 Å². The van der Waals surface area contributed by atoms with E-state index in [0.29, 0.717) is 30.0 Å². The molecule has 1 saturated heterocycles. The minimum Gasteiger partial charge on any atom is -0.488 e. The topological polar surface area (TPSA) is 123 Å². The maximum Gasteiger partial charge on any atom is 0.263 e. The average Bonchev–Trinajstić information content (AvgIpc) is 3.10. The number of carbonyl (C=O) groups excluding carboxylic acids is 1. The number of nitrogens with two attached hydrogens (primary N) is 1. The van der Waals surface area contributed by atoms with Crippen LogP contribution in [0, 0.1) is 0 Å². The number of nitrogens with one attached hydrogen (secondary N) is 1. The summed E-state index contributed by atoms with van der Waals surface area (Å²) in [6, 6.07) is 1.76. The van der Waals surface area contributed by atoms with Gasteiger partial charge in [0.1, 0.15) is 23.1 Å². The van der Waals surface area contributed by atoms with Crippen LogP contribution in [0.1, 0.15) is 28.8 Å². The number of nitrogen functional groups attached to an aromatic ring is 1. The van der Waals surface area contributed by atoms with Crippen molar-refractivity contribution in [2.75, 3.05) is 37.7 Å². The van der Waals surface area contributed by atoms with E-state index in [1.54, 1.807) is 30.9 Å². The van der Waals surface area contributed by atoms with Gasteiger partial charge >= 0.3 is 0 Å². The third-order valence-electron chi connectivity index (χ3n) is 5.33. The number of fused-ring (bicyclic) bond motifs is 1. The van der Waals surface area contributed by atoms with E-state index in [2.05, 4.69) is 44.0 Å². The molecule has 31 heavy (non-hydrogen) atoms. The van der Waals surface area contributed by atoms with E-state index in [-0.39, 0.29) is 17.5 Å². The van der Waals surface area contributed by atoms with Crippen LogP contribution in [-0.4, -0.2) is 69.9 Å². The van der Waals surface area contributed by atoms with Gasteiger partial charge in [-0.2, -0.15) is 0 Å². The lowest BCUT2D eigenvalue weighted by atomic mass is 10.1. The quantitative estimate of drug-likeness (QED) is 0.555. The van der Waals surface area contributed by atoms with Crippen LogP contribution < -0.4 is 15.8 Å². The molecule has 3 aromatic rings. The first-order valence-corrected chi connectivity index (χ1v) is 10.2. The number of hydrogen-bond donors (Lipinski definition) is 2. The highest BCUT2D eigenvalue weighted by Crippen LogP contribution is 2.28. The average molecular weight is 422 g/mol. The largest absolute Gasteiger partial charge is 0.488 e. The Morgan fingerprint density at radius 3 is 2.97 bits per heavy atom. The molecule has 1 aliphatic heterocycles. The molecule has 0 aliphatic carbocycles. The number of ether oxygens (including phenoxy) is 1. The Kier molecular flexibility index (Phi) is 6.08. The number of aromatic nitrogens is 4. The molecule has 3 N–H and O–H groups in total. The number of amides is 1. The van der Waals surface area contributed by atoms with Gasteiger partial charge < -0.3 is 25.7 Å². The third kappa shape index (κ3) is 4.64. The number of pyridine rings is 1. The Labute approximate surface area is 180 Å². The molecular formula is C21H26N8O2. The van der Waals surface area contributed by atoms with E-state index in [0.717, 1.165) is 31.5 Å². The van der Waals surface area contributed by atoms with Gasteiger partial charge in [-0.3, -0.25) is 9.78 Å². The molecule has 10 heteroatoms. The minimum atomic E-state index is -0.415. The van der Waals surface area contributed by atoms with Gasteiger partial charge in [-0.05, 0) is 38.6 Å². The van der Waals surface area contributed by atoms with Crippen LogP contribution in [0.4, 0.5) is 11.5 Å². The number of carbonyl (C=O) groups is 1. The lowest BCUT2D eigenvalue weighted by Gasteiger charge is -2.29. The van der Waals surface area contributed by atoms with E-state index in [1.165, 1.54) is 4.52 Å². The fraction of sp³-hybridized carbons (Fsp3) is 0.381. The molecule has 0 saturated carbocycles. The Morgan fingerprint density at radius 1 is 1.39 bits per heavy atom. The molecule has 1 aliphatic rings. The molecular weight excluding hydrogens is 396 g/mol. The van der Waals surface area contributed by atoms with E-state index < -0.39 is 5.91 Å². The van der Waals surface area contributed by atoms with Gasteiger partial charge in [0.05, 0.1) is 6.20 Å². The molecule has 1 amide bonds. The second kappa shape index (κ2) is 9.09. The Hall–Kier alpha value is -3.53. The minimum absolute atomic E-state index is 0.0986. The van der Waals surface area contributed by atoms with Crippen molar-refractivity contribution < 1.29 is 9.53 Å². The van der Waals surface area contributed by atoms with Crippen LogP contribution in [0.15, 0.2) is 35.8 Å². The number of hydrogen-bond acceptors (Lipinski definition) is 8. The summed E-state index contributed by atoms with van der Waals surface area (Å²) in [5.74, 6) is 0.271. The van der Waals surface area contributed by atoms with Crippen LogP contribution in [0.5, 0.6) is 5.75 Å². The number of rotatable bonds is 7. The molecule has 162 valence electrons. The van der Waals surface area contributed by atoms with Crippen molar-refractivity contribution >= 4 is 29.8 Å². The molecule has 1 fully saturated rings. The molecule has 0 bridgehead atoms. The van der Waals surface area contributed by atoms with Crippen LogP contribution in [0.25, 0.3) is 5.65 Å². The molecule has 0 aromatic carbocycles. The molecule has 0 unspecified atom stereocenters. The lowest BCUT2D eigenvalue weighted by Crippen LogP contribution is -2.35. The zero-order valence-corrected chi connectivity index (χ0v) is 17.5. The summed E-state index contributed by atoms with van der Waals surface area (Å²) in [5.41, 5.74) is 8.05. The fourth-order valence-corrected chi connectivity index (χ4v) is 3.59. The lowest BCUT2D eigenvalue weighted by molar-refractivity contribution is 0.102. The summed E-state index contributed by atoms with van der Waals surface area (Å²) in [6.45, 7) is 6.02. The third-order valence-corrected chi connectivity index (χ3v) is 5.33. The van der Waals surface area contributed by atoms with Crippen molar-refractivity contribution in [3.63, 3.8) is 0 Å². The zero-order chi connectivity index (χ0) is 21.8. The van der Waals surface area contributed by atoms with Gasteiger partial charge in [0, 0.05) is 44.3 Å². The van der Waals surface area contributed by atoms with Crippen molar-refractivity contribution in [1.29, 1.82) is 0 Å². The van der Waals surface area contributed by atoms with E-state index in [1.807, 2.05) is 0 Å². The monoisotopic (exact) mass is 422 g/mol. The summed E-state index contributed by atoms with van der Waals surface area (Å²) in [4.78, 5) is 27.7. The van der Waals surface area contributed by atoms with Gasteiger partial charge in [0.15, 0.2) is 11.5 Å². The van der Waals surface area contributed by atoms with Gasteiger partial charge in [0.2, 0.25) is 0 Å². The van der Waals surface area contributed by atoms with Crippen molar-refractivity contribution in [1.82, 2.24) is 24.5 Å². The summed E-state index contributed by atoms with van der Waals surface area (Å²) >= 11 is 0. The van der Waals surface area contributed by atoms with E-state index >= 15 is 0 Å². The van der Waals surface area contributed by atoms with E-state index in [4.69, 9.17) is 10.5 Å². The Morgan fingerprint density at radius 2 is 2.19 bits per heavy atom. The number of aliphatic imine (C=N–C) groups is 1. The first-order valence-electron chi connectivity index (χ1n) is 10.2. The second-order valence-electron chi connectivity index (χ2n) is 7.63. The maximum atomic E-state index is 13.1. The predicted octanol–water partition coefficient (Wildman–Crippen LogP) is 1.67. The molecule has 0 radical (unpaired) electrons. The molecule has 4 heterocycles. The fourth-order valence-electron chi connectivity index (χ4n) is 3.59. The van der Waals surface area contributed by atoms with Gasteiger partial charge in [-0.25, -0.2) is 9.50 Å². The summed E-state index contributed by atoms with van der Waals surface area (Å²) in [7, 11) is 2.10. The number of likely N-dealkylation sites (tertiary alicyclic amines) is 1. The first kappa shape index (κ1) is 20.7. The standard InChI is InChI=1S/C21H26N8O2/c1-23-7-3-14-11-25-20-18(19(22)27-29(20)13-14)21(30)26-16-12-24-8-4-17(16)31-15-5-9-28(2)10-6-15/h4,8,11-13,15H,1,3,5-7,9-10H2,2H3,(H2,22,27)(H,26,30). The molecule has 10 nitrogen and oxygen atoms in total. The molecule has 4 rings (SSSR count). The molecule has 3 aromatic heterocycles. The van der Waals surface area contributed by atoms with Crippen molar-refractivity contribution in [2.24, 2.45) is 4.99 Å². The van der Waals surface area contributed by atoms with Crippen molar-refractivity contribution in [3.05, 3.63) is 42.0 Å². The van der Waals surface area contributed by atoms with Crippen molar-refractivity contribution in [3.8, 4) is 5.75 Å².